The molecule has 134 valence electrons. The Morgan fingerprint density at radius 2 is 2.12 bits per heavy atom. The van der Waals surface area contributed by atoms with Gasteiger partial charge in [0.05, 0.1) is 0 Å². The van der Waals surface area contributed by atoms with Crippen molar-refractivity contribution >= 4 is 22.7 Å². The summed E-state index contributed by atoms with van der Waals surface area (Å²) in [7, 11) is 3.90. The molecule has 0 radical (unpaired) electrons. The lowest BCUT2D eigenvalue weighted by Gasteiger charge is -2.33. The lowest BCUT2D eigenvalue weighted by atomic mass is 9.96. The van der Waals surface area contributed by atoms with E-state index in [2.05, 4.69) is 16.0 Å². The maximum absolute atomic E-state index is 11.9. The number of aromatic amines is 1. The Balaban J connectivity index is 1.63. The molecule has 0 saturated heterocycles. The molecule has 6 nitrogen and oxygen atoms in total. The molecule has 6 heteroatoms. The highest BCUT2D eigenvalue weighted by Gasteiger charge is 2.33. The highest BCUT2D eigenvalue weighted by molar-refractivity contribution is 5.86. The normalized spacial score (nSPS) is 17.2. The van der Waals surface area contributed by atoms with Crippen molar-refractivity contribution in [1.82, 2.24) is 14.9 Å². The minimum absolute atomic E-state index is 0.512. The SMILES string of the molecule is CN(C)c1ccc(CN2Cc3[nH]c4ccccc4c3C[C@H]2C(=O)O)cn1. The van der Waals surface area contributed by atoms with Crippen molar-refractivity contribution < 1.29 is 9.90 Å². The van der Waals surface area contributed by atoms with Crippen LogP contribution in [0.3, 0.4) is 0 Å². The number of H-pyrrole nitrogens is 1. The smallest absolute Gasteiger partial charge is 0.321 e. The first-order valence-electron chi connectivity index (χ1n) is 8.70. The zero-order valence-electron chi connectivity index (χ0n) is 14.9. The van der Waals surface area contributed by atoms with E-state index in [4.69, 9.17) is 0 Å². The number of hydrogen-bond acceptors (Lipinski definition) is 4. The van der Waals surface area contributed by atoms with Crippen molar-refractivity contribution in [3.8, 4) is 0 Å². The van der Waals surface area contributed by atoms with Crippen molar-refractivity contribution in [2.24, 2.45) is 0 Å². The average Bonchev–Trinajstić information content (AvgIpc) is 2.98. The molecule has 4 rings (SSSR count). The van der Waals surface area contributed by atoms with Gasteiger partial charge in [-0.15, -0.1) is 0 Å². The first-order chi connectivity index (χ1) is 12.5. The summed E-state index contributed by atoms with van der Waals surface area (Å²) in [6, 6.07) is 11.5. The summed E-state index contributed by atoms with van der Waals surface area (Å²) in [4.78, 5) is 23.7. The van der Waals surface area contributed by atoms with Crippen LogP contribution in [0.5, 0.6) is 0 Å². The standard InChI is InChI=1S/C20H22N4O2/c1-23(2)19-8-7-13(10-21-19)11-24-12-17-15(9-18(24)20(25)26)14-5-3-4-6-16(14)22-17/h3-8,10,18,22H,9,11-12H2,1-2H3,(H,25,26)/t18-/m0/s1. The molecule has 0 fully saturated rings. The number of hydrogen-bond donors (Lipinski definition) is 2. The van der Waals surface area contributed by atoms with Gasteiger partial charge in [0.25, 0.3) is 0 Å². The van der Waals surface area contributed by atoms with Crippen LogP contribution in [0.4, 0.5) is 5.82 Å². The third-order valence-electron chi connectivity index (χ3n) is 5.04. The Hall–Kier alpha value is -2.86. The summed E-state index contributed by atoms with van der Waals surface area (Å²) in [6.45, 7) is 1.16. The third kappa shape index (κ3) is 2.93. The fourth-order valence-electron chi connectivity index (χ4n) is 3.68. The predicted octanol–water partition coefficient (Wildman–Crippen LogP) is 2.64. The van der Waals surface area contributed by atoms with Crippen LogP contribution in [0.1, 0.15) is 16.8 Å². The van der Waals surface area contributed by atoms with Gasteiger partial charge in [-0.1, -0.05) is 24.3 Å². The zero-order chi connectivity index (χ0) is 18.3. The predicted molar refractivity (Wildman–Crippen MR) is 101 cm³/mol. The molecule has 1 aliphatic rings. The molecule has 2 N–H and O–H groups in total. The van der Waals surface area contributed by atoms with Crippen molar-refractivity contribution in [1.29, 1.82) is 0 Å². The summed E-state index contributed by atoms with van der Waals surface area (Å²) in [5, 5.41) is 10.9. The second-order valence-corrected chi connectivity index (χ2v) is 7.01. The van der Waals surface area contributed by atoms with E-state index in [1.807, 2.05) is 60.4 Å². The van der Waals surface area contributed by atoms with E-state index >= 15 is 0 Å². The number of fused-ring (bicyclic) bond motifs is 3. The number of nitrogens with one attached hydrogen (secondary N) is 1. The topological polar surface area (TPSA) is 72.5 Å². The largest absolute Gasteiger partial charge is 0.480 e. The fourth-order valence-corrected chi connectivity index (χ4v) is 3.68. The molecule has 26 heavy (non-hydrogen) atoms. The number of pyridine rings is 1. The summed E-state index contributed by atoms with van der Waals surface area (Å²) in [5.41, 5.74) is 4.33. The number of carbonyl (C=O) groups is 1. The Morgan fingerprint density at radius 3 is 2.81 bits per heavy atom. The molecule has 1 aromatic carbocycles. The van der Waals surface area contributed by atoms with E-state index < -0.39 is 12.0 Å². The van der Waals surface area contributed by atoms with Crippen LogP contribution in [0, 0.1) is 0 Å². The second-order valence-electron chi connectivity index (χ2n) is 7.01. The number of anilines is 1. The average molecular weight is 350 g/mol. The molecule has 2 aromatic heterocycles. The zero-order valence-corrected chi connectivity index (χ0v) is 14.9. The Morgan fingerprint density at radius 1 is 1.31 bits per heavy atom. The monoisotopic (exact) mass is 350 g/mol. The van der Waals surface area contributed by atoms with Crippen molar-refractivity contribution in [3.63, 3.8) is 0 Å². The van der Waals surface area contributed by atoms with E-state index in [0.29, 0.717) is 19.5 Å². The molecule has 0 amide bonds. The Bertz CT molecular complexity index is 946. The summed E-state index contributed by atoms with van der Waals surface area (Å²) in [5.74, 6) is 0.110. The number of carboxylic acid groups (broad SMARTS) is 1. The van der Waals surface area contributed by atoms with Crippen LogP contribution in [-0.2, 0) is 24.3 Å². The summed E-state index contributed by atoms with van der Waals surface area (Å²) >= 11 is 0. The van der Waals surface area contributed by atoms with Gasteiger partial charge in [0.15, 0.2) is 0 Å². The van der Waals surface area contributed by atoms with Gasteiger partial charge in [0.1, 0.15) is 11.9 Å². The van der Waals surface area contributed by atoms with Crippen LogP contribution in [0.15, 0.2) is 42.6 Å². The molecule has 1 aliphatic heterocycles. The molecule has 3 aromatic rings. The minimum Gasteiger partial charge on any atom is -0.480 e. The number of carboxylic acids is 1. The number of para-hydroxylation sites is 1. The maximum Gasteiger partial charge on any atom is 0.321 e. The Kier molecular flexibility index (Phi) is 4.12. The van der Waals surface area contributed by atoms with Gasteiger partial charge >= 0.3 is 5.97 Å². The number of benzene rings is 1. The number of rotatable bonds is 4. The molecular weight excluding hydrogens is 328 g/mol. The second kappa shape index (κ2) is 6.46. The van der Waals surface area contributed by atoms with Gasteiger partial charge < -0.3 is 15.0 Å². The minimum atomic E-state index is -0.779. The van der Waals surface area contributed by atoms with E-state index in [1.165, 1.54) is 0 Å². The van der Waals surface area contributed by atoms with Gasteiger partial charge in [-0.2, -0.15) is 0 Å². The van der Waals surface area contributed by atoms with E-state index in [9.17, 15) is 9.90 Å². The lowest BCUT2D eigenvalue weighted by Crippen LogP contribution is -2.44. The lowest BCUT2D eigenvalue weighted by molar-refractivity contribution is -0.144. The fraction of sp³-hybridized carbons (Fsp3) is 0.300. The molecule has 1 atom stereocenters. The molecular formula is C20H22N4O2. The third-order valence-corrected chi connectivity index (χ3v) is 5.04. The van der Waals surface area contributed by atoms with E-state index in [1.54, 1.807) is 0 Å². The quantitative estimate of drug-likeness (QED) is 0.757. The van der Waals surface area contributed by atoms with Crippen LogP contribution in [-0.4, -0.2) is 46.1 Å². The van der Waals surface area contributed by atoms with E-state index in [0.717, 1.165) is 33.5 Å². The van der Waals surface area contributed by atoms with Crippen LogP contribution in [0.2, 0.25) is 0 Å². The van der Waals surface area contributed by atoms with Crippen LogP contribution >= 0.6 is 0 Å². The summed E-state index contributed by atoms with van der Waals surface area (Å²) < 4.78 is 0. The maximum atomic E-state index is 11.9. The van der Waals surface area contributed by atoms with Gasteiger partial charge in [-0.25, -0.2) is 4.98 Å². The number of aliphatic carboxylic acids is 1. The molecule has 0 saturated carbocycles. The van der Waals surface area contributed by atoms with Gasteiger partial charge in [-0.3, -0.25) is 9.69 Å². The number of aromatic nitrogens is 2. The van der Waals surface area contributed by atoms with Gasteiger partial charge in [0.2, 0.25) is 0 Å². The molecule has 3 heterocycles. The van der Waals surface area contributed by atoms with Crippen LogP contribution < -0.4 is 4.90 Å². The first-order valence-corrected chi connectivity index (χ1v) is 8.70. The van der Waals surface area contributed by atoms with Gasteiger partial charge in [-0.05, 0) is 23.3 Å². The highest BCUT2D eigenvalue weighted by atomic mass is 16.4. The first kappa shape index (κ1) is 16.6. The molecule has 0 unspecified atom stereocenters. The van der Waals surface area contributed by atoms with Gasteiger partial charge in [0, 0.05) is 56.4 Å². The molecule has 0 aliphatic carbocycles. The summed E-state index contributed by atoms with van der Waals surface area (Å²) in [6.07, 6.45) is 2.34. The highest BCUT2D eigenvalue weighted by Crippen LogP contribution is 2.31. The Labute approximate surface area is 152 Å². The van der Waals surface area contributed by atoms with Crippen molar-refractivity contribution in [3.05, 3.63) is 59.4 Å². The van der Waals surface area contributed by atoms with Crippen LogP contribution in [0.25, 0.3) is 10.9 Å². The van der Waals surface area contributed by atoms with Crippen molar-refractivity contribution in [2.45, 2.75) is 25.6 Å². The number of nitrogens with zero attached hydrogens (tertiary/aromatic N) is 3. The molecule has 0 spiro atoms. The van der Waals surface area contributed by atoms with Crippen molar-refractivity contribution in [2.75, 3.05) is 19.0 Å². The molecule has 0 bridgehead atoms. The van der Waals surface area contributed by atoms with E-state index in [-0.39, 0.29) is 0 Å².